The second-order valence-corrected chi connectivity index (χ2v) is 7.09. The van der Waals surface area contributed by atoms with E-state index in [1.807, 2.05) is 0 Å². The van der Waals surface area contributed by atoms with Crippen LogP contribution in [-0.4, -0.2) is 15.6 Å². The third-order valence-electron chi connectivity index (χ3n) is 4.80. The second kappa shape index (κ2) is 8.60. The van der Waals surface area contributed by atoms with Crippen LogP contribution in [0.5, 0.6) is 0 Å². The van der Waals surface area contributed by atoms with E-state index < -0.39 is 40.9 Å². The Hall–Kier alpha value is -3.43. The number of benzene rings is 2. The van der Waals surface area contributed by atoms with E-state index in [0.717, 1.165) is 35.0 Å². The second-order valence-electron chi connectivity index (χ2n) is 7.09. The van der Waals surface area contributed by atoms with Crippen molar-refractivity contribution < 1.29 is 31.1 Å². The lowest BCUT2D eigenvalue weighted by atomic mass is 10.0. The van der Waals surface area contributed by atoms with Crippen LogP contribution in [0.2, 0.25) is 0 Å². The van der Waals surface area contributed by atoms with E-state index in [2.05, 4.69) is 5.10 Å². The van der Waals surface area contributed by atoms with Gasteiger partial charge < -0.3 is 0 Å². The number of ketones is 1. The van der Waals surface area contributed by atoms with Crippen LogP contribution in [0.25, 0.3) is 11.3 Å². The van der Waals surface area contributed by atoms with Crippen molar-refractivity contribution in [1.82, 2.24) is 9.78 Å². The molecular weight excluding hydrogens is 438 g/mol. The first-order valence-corrected chi connectivity index (χ1v) is 9.32. The van der Waals surface area contributed by atoms with Gasteiger partial charge in [-0.25, -0.2) is 4.68 Å². The molecule has 0 saturated heterocycles. The standard InChI is InChI=1S/C22H16F6N2O2/c1-13(19(31)11-14-5-7-16(8-6-14)21(23,24)25)30-20(32)10-9-18(29-30)15-3-2-4-17(12-15)22(26,27)28/h2-10,12-13H,11H2,1H3. The number of carbonyl (C=O) groups is 1. The summed E-state index contributed by atoms with van der Waals surface area (Å²) >= 11 is 0. The quantitative estimate of drug-likeness (QED) is 0.491. The lowest BCUT2D eigenvalue weighted by molar-refractivity contribution is -0.138. The monoisotopic (exact) mass is 454 g/mol. The molecule has 0 radical (unpaired) electrons. The van der Waals surface area contributed by atoms with Crippen LogP contribution in [-0.2, 0) is 23.6 Å². The molecule has 32 heavy (non-hydrogen) atoms. The highest BCUT2D eigenvalue weighted by atomic mass is 19.4. The maximum Gasteiger partial charge on any atom is 0.416 e. The maximum absolute atomic E-state index is 13.0. The number of carbonyl (C=O) groups excluding carboxylic acids is 1. The Morgan fingerprint density at radius 3 is 2.12 bits per heavy atom. The van der Waals surface area contributed by atoms with Crippen molar-refractivity contribution in [2.75, 3.05) is 0 Å². The van der Waals surface area contributed by atoms with Crippen molar-refractivity contribution in [3.63, 3.8) is 0 Å². The molecule has 1 aromatic heterocycles. The molecule has 4 nitrogen and oxygen atoms in total. The van der Waals surface area contributed by atoms with Crippen LogP contribution in [0.4, 0.5) is 26.3 Å². The van der Waals surface area contributed by atoms with Crippen LogP contribution in [0, 0.1) is 0 Å². The highest BCUT2D eigenvalue weighted by Crippen LogP contribution is 2.32. The fraction of sp³-hybridized carbons (Fsp3) is 0.227. The minimum Gasteiger partial charge on any atom is -0.297 e. The van der Waals surface area contributed by atoms with Gasteiger partial charge in [-0.1, -0.05) is 24.3 Å². The molecule has 10 heteroatoms. The average molecular weight is 454 g/mol. The summed E-state index contributed by atoms with van der Waals surface area (Å²) < 4.78 is 77.8. The Morgan fingerprint density at radius 2 is 1.53 bits per heavy atom. The van der Waals surface area contributed by atoms with Gasteiger partial charge in [-0.05, 0) is 42.8 Å². The summed E-state index contributed by atoms with van der Waals surface area (Å²) in [5, 5.41) is 4.04. The molecule has 0 amide bonds. The van der Waals surface area contributed by atoms with Gasteiger partial charge in [0.25, 0.3) is 5.56 Å². The van der Waals surface area contributed by atoms with Crippen LogP contribution in [0.3, 0.4) is 0 Å². The van der Waals surface area contributed by atoms with Crippen molar-refractivity contribution in [3.05, 3.63) is 87.7 Å². The molecular formula is C22H16F6N2O2. The summed E-state index contributed by atoms with van der Waals surface area (Å²) in [4.78, 5) is 24.8. The molecule has 2 aromatic carbocycles. The minimum absolute atomic E-state index is 0.0601. The molecule has 0 aliphatic carbocycles. The lowest BCUT2D eigenvalue weighted by Gasteiger charge is -2.15. The molecule has 0 saturated carbocycles. The van der Waals surface area contributed by atoms with E-state index in [0.29, 0.717) is 5.56 Å². The number of hydrogen-bond acceptors (Lipinski definition) is 3. The number of aromatic nitrogens is 2. The van der Waals surface area contributed by atoms with Crippen molar-refractivity contribution in [2.45, 2.75) is 31.7 Å². The Balaban J connectivity index is 1.85. The SMILES string of the molecule is CC(C(=O)Cc1ccc(C(F)(F)F)cc1)n1nc(-c2cccc(C(F)(F)F)c2)ccc1=O. The zero-order valence-corrected chi connectivity index (χ0v) is 16.5. The number of nitrogens with zero attached hydrogens (tertiary/aromatic N) is 2. The molecule has 0 bridgehead atoms. The Labute approximate surface area is 178 Å². The van der Waals surface area contributed by atoms with Crippen LogP contribution < -0.4 is 5.56 Å². The summed E-state index contributed by atoms with van der Waals surface area (Å²) in [6.07, 6.45) is -9.31. The van der Waals surface area contributed by atoms with Crippen LogP contribution >= 0.6 is 0 Å². The van der Waals surface area contributed by atoms with E-state index in [-0.39, 0.29) is 17.7 Å². The van der Waals surface area contributed by atoms with Crippen molar-refractivity contribution >= 4 is 5.78 Å². The fourth-order valence-corrected chi connectivity index (χ4v) is 3.01. The topological polar surface area (TPSA) is 52.0 Å². The molecule has 168 valence electrons. The molecule has 1 heterocycles. The highest BCUT2D eigenvalue weighted by molar-refractivity contribution is 5.84. The molecule has 0 aliphatic rings. The predicted octanol–water partition coefficient (Wildman–Crippen LogP) is 5.32. The molecule has 0 aliphatic heterocycles. The molecule has 0 spiro atoms. The first-order chi connectivity index (χ1) is 14.9. The molecule has 3 aromatic rings. The normalized spacial score (nSPS) is 13.1. The van der Waals surface area contributed by atoms with Gasteiger partial charge in [0.05, 0.1) is 16.8 Å². The van der Waals surface area contributed by atoms with Gasteiger partial charge in [0.1, 0.15) is 6.04 Å². The van der Waals surface area contributed by atoms with Crippen molar-refractivity contribution in [3.8, 4) is 11.3 Å². The highest BCUT2D eigenvalue weighted by Gasteiger charge is 2.31. The van der Waals surface area contributed by atoms with Gasteiger partial charge in [-0.2, -0.15) is 31.4 Å². The maximum atomic E-state index is 13.0. The fourth-order valence-electron chi connectivity index (χ4n) is 3.01. The zero-order valence-electron chi connectivity index (χ0n) is 16.5. The average Bonchev–Trinajstić information content (AvgIpc) is 2.73. The summed E-state index contributed by atoms with van der Waals surface area (Å²) in [7, 11) is 0. The molecule has 1 unspecified atom stereocenters. The summed E-state index contributed by atoms with van der Waals surface area (Å²) in [6, 6.07) is 9.67. The lowest BCUT2D eigenvalue weighted by Crippen LogP contribution is -2.30. The number of rotatable bonds is 5. The molecule has 1 atom stereocenters. The first-order valence-electron chi connectivity index (χ1n) is 9.32. The van der Waals surface area contributed by atoms with Gasteiger partial charge in [-0.3, -0.25) is 9.59 Å². The first kappa shape index (κ1) is 23.2. The Bertz CT molecular complexity index is 1180. The number of Topliss-reactive ketones (excluding diaryl/α,β-unsaturated/α-hetero) is 1. The van der Waals surface area contributed by atoms with Crippen LogP contribution in [0.15, 0.2) is 65.5 Å². The Morgan fingerprint density at radius 1 is 0.906 bits per heavy atom. The summed E-state index contributed by atoms with van der Waals surface area (Å²) in [5.74, 6) is -0.499. The van der Waals surface area contributed by atoms with Gasteiger partial charge in [-0.15, -0.1) is 0 Å². The van der Waals surface area contributed by atoms with Crippen molar-refractivity contribution in [2.24, 2.45) is 0 Å². The van der Waals surface area contributed by atoms with E-state index in [4.69, 9.17) is 0 Å². The van der Waals surface area contributed by atoms with E-state index >= 15 is 0 Å². The van der Waals surface area contributed by atoms with Crippen LogP contribution in [0.1, 0.15) is 29.7 Å². The van der Waals surface area contributed by atoms with E-state index in [1.165, 1.54) is 37.3 Å². The van der Waals surface area contributed by atoms with Gasteiger partial charge >= 0.3 is 12.4 Å². The zero-order chi connectivity index (χ0) is 23.7. The largest absolute Gasteiger partial charge is 0.416 e. The smallest absolute Gasteiger partial charge is 0.297 e. The third kappa shape index (κ3) is 5.24. The number of alkyl halides is 6. The minimum atomic E-state index is -4.56. The third-order valence-corrected chi connectivity index (χ3v) is 4.80. The van der Waals surface area contributed by atoms with Gasteiger partial charge in [0, 0.05) is 18.1 Å². The Kier molecular flexibility index (Phi) is 6.25. The van der Waals surface area contributed by atoms with Gasteiger partial charge in [0.2, 0.25) is 0 Å². The summed E-state index contributed by atoms with van der Waals surface area (Å²) in [6.45, 7) is 1.39. The van der Waals surface area contributed by atoms with Crippen molar-refractivity contribution in [1.29, 1.82) is 0 Å². The van der Waals surface area contributed by atoms with Gasteiger partial charge in [0.15, 0.2) is 5.78 Å². The molecule has 0 N–H and O–H groups in total. The predicted molar refractivity (Wildman–Crippen MR) is 104 cm³/mol. The molecule has 3 rings (SSSR count). The van der Waals surface area contributed by atoms with E-state index in [1.54, 1.807) is 0 Å². The number of halogens is 6. The summed E-state index contributed by atoms with van der Waals surface area (Å²) in [5.41, 5.74) is -1.90. The number of hydrogen-bond donors (Lipinski definition) is 0. The van der Waals surface area contributed by atoms with E-state index in [9.17, 15) is 35.9 Å². The molecule has 0 fully saturated rings.